The number of primary amides is 1. The summed E-state index contributed by atoms with van der Waals surface area (Å²) >= 11 is 0. The van der Waals surface area contributed by atoms with Gasteiger partial charge < -0.3 is 107 Å². The van der Waals surface area contributed by atoms with Crippen LogP contribution in [-0.4, -0.2) is 233 Å². The monoisotopic (exact) mass is 1740 g/mol. The second kappa shape index (κ2) is 45.1. The lowest BCUT2D eigenvalue weighted by molar-refractivity contribution is -0.132. The Hall–Kier alpha value is -10.7. The van der Waals surface area contributed by atoms with Gasteiger partial charge in [-0.3, -0.25) is 67.1 Å². The lowest BCUT2D eigenvalue weighted by atomic mass is 9.93. The van der Waals surface area contributed by atoms with Gasteiger partial charge in [-0.15, -0.1) is 0 Å². The van der Waals surface area contributed by atoms with E-state index in [9.17, 15) is 72.2 Å². The molecule has 14 amide bonds. The molecule has 3 saturated carbocycles. The Labute approximate surface area is 736 Å². The number of phenolic OH excluding ortho intramolecular Hbond substituents is 1. The molecule has 0 bridgehead atoms. The first kappa shape index (κ1) is 94.5. The van der Waals surface area contributed by atoms with E-state index in [4.69, 9.17) is 5.73 Å². The van der Waals surface area contributed by atoms with E-state index in [1.807, 2.05) is 100 Å². The zero-order chi connectivity index (χ0) is 89.7. The first-order valence-electron chi connectivity index (χ1n) is 45.5. The van der Waals surface area contributed by atoms with Crippen LogP contribution >= 0.6 is 0 Å². The first-order chi connectivity index (χ1) is 60.6. The molecule has 0 radical (unpaired) electrons. The van der Waals surface area contributed by atoms with Crippen molar-refractivity contribution < 1.29 is 72.2 Å². The van der Waals surface area contributed by atoms with E-state index in [2.05, 4.69) is 95.7 Å². The number of nitrogens with one attached hydrogen (secondary N) is 18. The van der Waals surface area contributed by atoms with Crippen LogP contribution in [0.3, 0.4) is 0 Å². The maximum absolute atomic E-state index is 14.6. The average Bonchev–Trinajstić information content (AvgIpc) is 1.39. The standard InChI is InChI=1S/C92H131N19O15/c1-50(2)31-57(38-99-86(120)63-21-12-26-73(63)105-81(115)36-60(34-56-19-11-18-55-17-9-10-20-62(55)56)103-88(122)65-23-14-24-71(65)101-52(5)112)84(118)108-76-46-96-42-68(76)91(125)110-78-48-95-41-67(78)89(123)102-59(33-53-15-7-6-8-16-53)35-80(114)104-72-25-13-22-64(72)87(121)100-39-58(32-54-27-29-61(113)30-28-54)85(119)109-77-47-97-43-69(77)92(126)111-79-49-98-44-70(79)90(124)107-74(51(3)4)37-82(116)106-75-45-94-40-66(75)83(93)117/h6-11,15-20,27-30,50-51,57-60,63-79,94-98,113H,12-14,21-26,31-49H2,1-5H3,(H2,93,117)(H,99,120)(H,100,121)(H,101,112)(H,102,123)(H,103,122)(H,104,114)(H,105,115)(H,106,116)(H,107,124)(H,108,118)(H,109,119)(H,110,125)(H,111,126)/t57-,58-,59-,60-,63?,64?,65?,66?,67?,68?,69?,70?,71?,72?,73?,74+,75?,76?,77?,78?,79?/m0/s1. The zero-order valence-electron chi connectivity index (χ0n) is 73.1. The van der Waals surface area contributed by atoms with Gasteiger partial charge in [0.2, 0.25) is 82.7 Å². The summed E-state index contributed by atoms with van der Waals surface area (Å²) in [6.45, 7) is 11.9. The zero-order valence-corrected chi connectivity index (χ0v) is 73.1. The molecule has 16 unspecified atom stereocenters. The van der Waals surface area contributed by atoms with E-state index in [1.165, 1.54) is 19.1 Å². The van der Waals surface area contributed by atoms with Crippen LogP contribution in [0.25, 0.3) is 10.8 Å². The lowest BCUT2D eigenvalue weighted by Crippen LogP contribution is -2.54. The summed E-state index contributed by atoms with van der Waals surface area (Å²) in [5.41, 5.74) is 8.08. The van der Waals surface area contributed by atoms with Crippen LogP contribution in [0.4, 0.5) is 0 Å². The third-order valence-electron chi connectivity index (χ3n) is 26.8. The van der Waals surface area contributed by atoms with Gasteiger partial charge in [0, 0.05) is 141 Å². The molecule has 4 aromatic rings. The maximum atomic E-state index is 14.6. The number of aromatic hydroxyl groups is 1. The van der Waals surface area contributed by atoms with E-state index < -0.39 is 137 Å². The number of hydrogen-bond donors (Lipinski definition) is 20. The van der Waals surface area contributed by atoms with Crippen LogP contribution in [0.1, 0.15) is 135 Å². The molecule has 684 valence electrons. The summed E-state index contributed by atoms with van der Waals surface area (Å²) < 4.78 is 0. The van der Waals surface area contributed by atoms with Crippen molar-refractivity contribution in [2.24, 2.45) is 76.7 Å². The number of carbonyl (C=O) groups excluding carboxylic acids is 14. The highest BCUT2D eigenvalue weighted by Crippen LogP contribution is 2.32. The molecule has 3 aliphatic carbocycles. The molecule has 8 fully saturated rings. The van der Waals surface area contributed by atoms with Gasteiger partial charge in [0.25, 0.3) is 0 Å². The van der Waals surface area contributed by atoms with Gasteiger partial charge in [-0.2, -0.15) is 0 Å². The molecule has 0 aromatic heterocycles. The second-order valence-electron chi connectivity index (χ2n) is 36.9. The molecule has 0 spiro atoms. The number of rotatable bonds is 40. The first-order valence-corrected chi connectivity index (χ1v) is 45.5. The number of phenols is 1. The summed E-state index contributed by atoms with van der Waals surface area (Å²) in [7, 11) is 0. The van der Waals surface area contributed by atoms with E-state index in [0.717, 1.165) is 28.3 Å². The molecule has 21 atom stereocenters. The molecule has 12 rings (SSSR count). The van der Waals surface area contributed by atoms with E-state index in [1.54, 1.807) is 12.1 Å². The number of fused-ring (bicyclic) bond motifs is 1. The highest BCUT2D eigenvalue weighted by Gasteiger charge is 2.46. The minimum atomic E-state index is -0.860. The molecule has 5 heterocycles. The summed E-state index contributed by atoms with van der Waals surface area (Å²) in [5, 5.41) is 68.1. The van der Waals surface area contributed by atoms with Crippen molar-refractivity contribution in [3.8, 4) is 5.75 Å². The third-order valence-corrected chi connectivity index (χ3v) is 26.8. The van der Waals surface area contributed by atoms with Crippen molar-refractivity contribution in [2.75, 3.05) is 78.5 Å². The fourth-order valence-electron chi connectivity index (χ4n) is 19.9. The van der Waals surface area contributed by atoms with Crippen LogP contribution in [-0.2, 0) is 86.4 Å². The predicted octanol–water partition coefficient (Wildman–Crippen LogP) is -0.754. The number of carbonyl (C=O) groups is 14. The van der Waals surface area contributed by atoms with Crippen molar-refractivity contribution in [2.45, 2.75) is 204 Å². The summed E-state index contributed by atoms with van der Waals surface area (Å²) in [5.74, 6) is -11.6. The van der Waals surface area contributed by atoms with E-state index >= 15 is 0 Å². The summed E-state index contributed by atoms with van der Waals surface area (Å²) in [4.78, 5) is 195. The van der Waals surface area contributed by atoms with Gasteiger partial charge in [0.05, 0.1) is 89.4 Å². The third kappa shape index (κ3) is 26.0. The number of benzene rings is 4. The molecule has 5 saturated heterocycles. The van der Waals surface area contributed by atoms with Gasteiger partial charge in [-0.25, -0.2) is 0 Å². The molecule has 34 heteroatoms. The fourth-order valence-corrected chi connectivity index (χ4v) is 19.9. The molecular formula is C92H131N19O15. The van der Waals surface area contributed by atoms with Crippen LogP contribution < -0.4 is 101 Å². The van der Waals surface area contributed by atoms with Crippen LogP contribution in [0, 0.1) is 71.0 Å². The smallest absolute Gasteiger partial charge is 0.226 e. The molecular weight excluding hydrogens is 1610 g/mol. The van der Waals surface area contributed by atoms with Crippen molar-refractivity contribution in [3.05, 3.63) is 114 Å². The second-order valence-corrected chi connectivity index (χ2v) is 36.9. The molecule has 8 aliphatic rings. The van der Waals surface area contributed by atoms with Crippen LogP contribution in [0.15, 0.2) is 97.1 Å². The Morgan fingerprint density at radius 3 is 1.31 bits per heavy atom. The van der Waals surface area contributed by atoms with Gasteiger partial charge in [0.15, 0.2) is 0 Å². The average molecular weight is 1740 g/mol. The van der Waals surface area contributed by atoms with Crippen molar-refractivity contribution in [1.82, 2.24) is 95.7 Å². The quantitative estimate of drug-likeness (QED) is 0.0260. The van der Waals surface area contributed by atoms with E-state index in [0.29, 0.717) is 89.4 Å². The van der Waals surface area contributed by atoms with Gasteiger partial charge in [-0.1, -0.05) is 132 Å². The minimum absolute atomic E-state index is 0.0137. The Balaban J connectivity index is 0.611. The Morgan fingerprint density at radius 2 is 0.794 bits per heavy atom. The fraction of sp³-hybridized carbons (Fsp3) is 0.609. The van der Waals surface area contributed by atoms with E-state index in [-0.39, 0.29) is 180 Å². The molecule has 5 aliphatic heterocycles. The summed E-state index contributed by atoms with van der Waals surface area (Å²) in [6.07, 6.45) is 6.37. The Morgan fingerprint density at radius 1 is 0.381 bits per heavy atom. The molecule has 34 nitrogen and oxygen atoms in total. The molecule has 4 aromatic carbocycles. The normalized spacial score (nSPS) is 26.8. The predicted molar refractivity (Wildman–Crippen MR) is 471 cm³/mol. The highest BCUT2D eigenvalue weighted by molar-refractivity contribution is 5.91. The number of hydrogen-bond acceptors (Lipinski definition) is 20. The minimum Gasteiger partial charge on any atom is -0.508 e. The SMILES string of the molecule is CC(=O)NC1CCCC1C(=O)N[C@H](CC(=O)NC1CCCC1C(=O)NC[C@H](CC(C)C)C(=O)NC1CNCC1C(=O)NC1CNCC1C(=O)N[C@H](CC(=O)NC1CCCC1C(=O)NC[C@H](Cc1ccc(O)cc1)C(=O)NC1CNCC1C(=O)NC1CNCC1C(=O)N[C@H](CC(=O)NC1CNCC1C(N)=O)C(C)C)Cc1ccccc1)Cc1cccc2ccccc12. The topological polar surface area (TPSA) is 502 Å². The number of nitrogens with two attached hydrogens (primary N) is 1. The maximum Gasteiger partial charge on any atom is 0.226 e. The Bertz CT molecular complexity index is 4500. The van der Waals surface area contributed by atoms with Gasteiger partial charge >= 0.3 is 0 Å². The van der Waals surface area contributed by atoms with Crippen molar-refractivity contribution in [3.63, 3.8) is 0 Å². The van der Waals surface area contributed by atoms with Gasteiger partial charge in [-0.05, 0) is 116 Å². The van der Waals surface area contributed by atoms with Crippen LogP contribution in [0.2, 0.25) is 0 Å². The highest BCUT2D eigenvalue weighted by atomic mass is 16.3. The number of amides is 14. The lowest BCUT2D eigenvalue weighted by Gasteiger charge is -2.28. The molecule has 126 heavy (non-hydrogen) atoms. The van der Waals surface area contributed by atoms with Crippen LogP contribution in [0.5, 0.6) is 5.75 Å². The van der Waals surface area contributed by atoms with Crippen molar-refractivity contribution in [1.29, 1.82) is 0 Å². The van der Waals surface area contributed by atoms with Gasteiger partial charge in [0.1, 0.15) is 5.75 Å². The van der Waals surface area contributed by atoms with Crippen molar-refractivity contribution >= 4 is 93.5 Å². The Kier molecular flexibility index (Phi) is 33.8. The largest absolute Gasteiger partial charge is 0.508 e. The molecule has 21 N–H and O–H groups in total. The summed E-state index contributed by atoms with van der Waals surface area (Å²) in [6, 6.07) is 23.4.